The first-order valence-electron chi connectivity index (χ1n) is 2.70. The maximum atomic E-state index is 3.61. The van der Waals surface area contributed by atoms with Gasteiger partial charge in [-0.25, -0.2) is 0 Å². The van der Waals surface area contributed by atoms with Gasteiger partial charge in [0.2, 0.25) is 0 Å². The van der Waals surface area contributed by atoms with Crippen LogP contribution in [0.2, 0.25) is 0 Å². The zero-order chi connectivity index (χ0) is 6.41. The van der Waals surface area contributed by atoms with Gasteiger partial charge in [0.1, 0.15) is 0 Å². The highest BCUT2D eigenvalue weighted by Gasteiger charge is 1.84. The lowest BCUT2D eigenvalue weighted by molar-refractivity contribution is 1.20. The third-order valence-electron chi connectivity index (χ3n) is 0.914. The van der Waals surface area contributed by atoms with Gasteiger partial charge in [-0.15, -0.1) is 11.8 Å². The van der Waals surface area contributed by atoms with Crippen LogP contribution in [-0.4, -0.2) is 6.26 Å². The second kappa shape index (κ2) is 4.98. The fourth-order valence-electron chi connectivity index (χ4n) is 0.462. The molecule has 0 aromatic carbocycles. The molecule has 0 aliphatic carbocycles. The Bertz CT molecular complexity index is 86.6. The SMILES string of the molecule is C=C/C=C(/CC)SC. The van der Waals surface area contributed by atoms with E-state index >= 15 is 0 Å². The molecular weight excluding hydrogens is 116 g/mol. The Kier molecular flexibility index (Phi) is 4.87. The van der Waals surface area contributed by atoms with Gasteiger partial charge in [-0.1, -0.05) is 25.7 Å². The van der Waals surface area contributed by atoms with Gasteiger partial charge >= 0.3 is 0 Å². The van der Waals surface area contributed by atoms with Crippen LogP contribution in [0.5, 0.6) is 0 Å². The highest BCUT2D eigenvalue weighted by molar-refractivity contribution is 8.02. The van der Waals surface area contributed by atoms with Crippen LogP contribution in [0.3, 0.4) is 0 Å². The van der Waals surface area contributed by atoms with Crippen molar-refractivity contribution in [2.75, 3.05) is 6.26 Å². The molecule has 1 heteroatoms. The molecule has 0 aromatic rings. The minimum Gasteiger partial charge on any atom is -0.134 e. The van der Waals surface area contributed by atoms with Crippen molar-refractivity contribution in [3.05, 3.63) is 23.6 Å². The van der Waals surface area contributed by atoms with Gasteiger partial charge in [0.05, 0.1) is 0 Å². The quantitative estimate of drug-likeness (QED) is 0.527. The van der Waals surface area contributed by atoms with Crippen LogP contribution in [0.15, 0.2) is 23.6 Å². The average molecular weight is 128 g/mol. The predicted molar refractivity (Wildman–Crippen MR) is 42.1 cm³/mol. The van der Waals surface area contributed by atoms with Gasteiger partial charge in [-0.2, -0.15) is 0 Å². The lowest BCUT2D eigenvalue weighted by Gasteiger charge is -1.93. The number of allylic oxidation sites excluding steroid dienone is 3. The molecule has 0 aliphatic heterocycles. The van der Waals surface area contributed by atoms with Gasteiger partial charge in [0.25, 0.3) is 0 Å². The van der Waals surface area contributed by atoms with Gasteiger partial charge in [-0.3, -0.25) is 0 Å². The summed E-state index contributed by atoms with van der Waals surface area (Å²) in [4.78, 5) is 1.39. The third-order valence-corrected chi connectivity index (χ3v) is 1.86. The molecule has 0 atom stereocenters. The average Bonchev–Trinajstić information content (AvgIpc) is 1.83. The normalized spacial score (nSPS) is 11.5. The number of hydrogen-bond donors (Lipinski definition) is 0. The number of thioether (sulfide) groups is 1. The van der Waals surface area contributed by atoms with Crippen molar-refractivity contribution in [2.45, 2.75) is 13.3 Å². The highest BCUT2D eigenvalue weighted by atomic mass is 32.2. The Morgan fingerprint density at radius 2 is 2.38 bits per heavy atom. The van der Waals surface area contributed by atoms with Crippen molar-refractivity contribution >= 4 is 11.8 Å². The van der Waals surface area contributed by atoms with Crippen LogP contribution in [0.4, 0.5) is 0 Å². The first-order valence-corrected chi connectivity index (χ1v) is 3.93. The largest absolute Gasteiger partial charge is 0.134 e. The standard InChI is InChI=1S/C7H12S/c1-4-6-7(5-2)8-3/h4,6H,1,5H2,2-3H3/b7-6-. The number of rotatable bonds is 3. The maximum Gasteiger partial charge on any atom is -0.0140 e. The van der Waals surface area contributed by atoms with Crippen molar-refractivity contribution in [1.29, 1.82) is 0 Å². The molecule has 0 saturated heterocycles. The summed E-state index contributed by atoms with van der Waals surface area (Å²) in [7, 11) is 0. The summed E-state index contributed by atoms with van der Waals surface area (Å²) in [5.74, 6) is 0. The smallest absolute Gasteiger partial charge is 0.0140 e. The molecule has 8 heavy (non-hydrogen) atoms. The number of hydrogen-bond acceptors (Lipinski definition) is 1. The molecule has 0 aliphatic rings. The maximum absolute atomic E-state index is 3.61. The first kappa shape index (κ1) is 7.83. The van der Waals surface area contributed by atoms with Gasteiger partial charge in [-0.05, 0) is 17.6 Å². The fraction of sp³-hybridized carbons (Fsp3) is 0.429. The van der Waals surface area contributed by atoms with E-state index in [2.05, 4.69) is 19.8 Å². The first-order chi connectivity index (χ1) is 3.85. The summed E-state index contributed by atoms with van der Waals surface area (Å²) in [6, 6.07) is 0. The van der Waals surface area contributed by atoms with E-state index < -0.39 is 0 Å². The Labute approximate surface area is 55.7 Å². The molecule has 0 heterocycles. The Morgan fingerprint density at radius 1 is 1.75 bits per heavy atom. The van der Waals surface area contributed by atoms with Crippen LogP contribution in [0, 0.1) is 0 Å². The fourth-order valence-corrected chi connectivity index (χ4v) is 0.983. The second-order valence-corrected chi connectivity index (χ2v) is 2.36. The van der Waals surface area contributed by atoms with E-state index in [-0.39, 0.29) is 0 Å². The van der Waals surface area contributed by atoms with E-state index in [9.17, 15) is 0 Å². The lowest BCUT2D eigenvalue weighted by atomic mass is 10.4. The topological polar surface area (TPSA) is 0 Å². The summed E-state index contributed by atoms with van der Waals surface area (Å²) in [5.41, 5.74) is 0. The van der Waals surface area contributed by atoms with E-state index in [0.29, 0.717) is 0 Å². The molecule has 0 nitrogen and oxygen atoms in total. The summed E-state index contributed by atoms with van der Waals surface area (Å²) in [6.07, 6.45) is 7.08. The second-order valence-electron chi connectivity index (χ2n) is 1.43. The Morgan fingerprint density at radius 3 is 2.50 bits per heavy atom. The molecular formula is C7H12S. The van der Waals surface area contributed by atoms with Gasteiger partial charge in [0, 0.05) is 0 Å². The summed E-state index contributed by atoms with van der Waals surface area (Å²) < 4.78 is 0. The van der Waals surface area contributed by atoms with Crippen molar-refractivity contribution in [2.24, 2.45) is 0 Å². The summed E-state index contributed by atoms with van der Waals surface area (Å²) in [5, 5.41) is 0. The van der Waals surface area contributed by atoms with Crippen molar-refractivity contribution in [3.63, 3.8) is 0 Å². The van der Waals surface area contributed by atoms with Crippen molar-refractivity contribution in [1.82, 2.24) is 0 Å². The van der Waals surface area contributed by atoms with Crippen molar-refractivity contribution < 1.29 is 0 Å². The van der Waals surface area contributed by atoms with E-state index in [0.717, 1.165) is 6.42 Å². The summed E-state index contributed by atoms with van der Waals surface area (Å²) in [6.45, 7) is 5.75. The molecule has 0 spiro atoms. The molecule has 0 bridgehead atoms. The zero-order valence-corrected chi connectivity index (χ0v) is 6.29. The van der Waals surface area contributed by atoms with E-state index in [1.54, 1.807) is 11.8 Å². The summed E-state index contributed by atoms with van der Waals surface area (Å²) >= 11 is 1.78. The van der Waals surface area contributed by atoms with Crippen molar-refractivity contribution in [3.8, 4) is 0 Å². The van der Waals surface area contributed by atoms with Gasteiger partial charge in [0.15, 0.2) is 0 Å². The highest BCUT2D eigenvalue weighted by Crippen LogP contribution is 2.14. The lowest BCUT2D eigenvalue weighted by Crippen LogP contribution is -1.67. The molecule has 0 unspecified atom stereocenters. The molecule has 0 radical (unpaired) electrons. The Balaban J connectivity index is 3.66. The van der Waals surface area contributed by atoms with Crippen LogP contribution < -0.4 is 0 Å². The molecule has 0 rings (SSSR count). The minimum atomic E-state index is 1.12. The van der Waals surface area contributed by atoms with Crippen LogP contribution in [0.1, 0.15) is 13.3 Å². The Hall–Kier alpha value is -0.170. The van der Waals surface area contributed by atoms with E-state index in [1.165, 1.54) is 4.91 Å². The molecule has 46 valence electrons. The zero-order valence-electron chi connectivity index (χ0n) is 5.48. The van der Waals surface area contributed by atoms with Crippen LogP contribution >= 0.6 is 11.8 Å². The van der Waals surface area contributed by atoms with E-state index in [1.807, 2.05) is 12.2 Å². The third kappa shape index (κ3) is 2.92. The molecule has 0 amide bonds. The van der Waals surface area contributed by atoms with E-state index in [4.69, 9.17) is 0 Å². The van der Waals surface area contributed by atoms with Crippen LogP contribution in [-0.2, 0) is 0 Å². The molecule has 0 aromatic heterocycles. The predicted octanol–water partition coefficient (Wildman–Crippen LogP) is 2.83. The molecule has 0 fully saturated rings. The molecule has 0 saturated carbocycles. The van der Waals surface area contributed by atoms with Gasteiger partial charge < -0.3 is 0 Å². The van der Waals surface area contributed by atoms with Crippen LogP contribution in [0.25, 0.3) is 0 Å². The minimum absolute atomic E-state index is 1.12. The monoisotopic (exact) mass is 128 g/mol. The molecule has 0 N–H and O–H groups in total.